The zero-order chi connectivity index (χ0) is 16.6. The second-order valence-electron chi connectivity index (χ2n) is 6.61. The van der Waals surface area contributed by atoms with Crippen LogP contribution in [0.2, 0.25) is 0 Å². The van der Waals surface area contributed by atoms with Crippen LogP contribution in [0.15, 0.2) is 23.1 Å². The molecule has 0 bridgehead atoms. The number of nitrogens with two attached hydrogens (primary N) is 1. The van der Waals surface area contributed by atoms with Crippen LogP contribution >= 0.6 is 0 Å². The van der Waals surface area contributed by atoms with Gasteiger partial charge >= 0.3 is 0 Å². The summed E-state index contributed by atoms with van der Waals surface area (Å²) in [5, 5.41) is 5.17. The fourth-order valence-corrected chi connectivity index (χ4v) is 4.09. The van der Waals surface area contributed by atoms with Crippen LogP contribution in [-0.2, 0) is 21.2 Å². The fraction of sp³-hybridized carbons (Fsp3) is 0.562. The summed E-state index contributed by atoms with van der Waals surface area (Å²) in [4.78, 5) is 16.7. The van der Waals surface area contributed by atoms with Gasteiger partial charge in [-0.15, -0.1) is 0 Å². The van der Waals surface area contributed by atoms with Crippen LogP contribution in [0.4, 0.5) is 5.69 Å². The van der Waals surface area contributed by atoms with E-state index in [1.54, 1.807) is 17.0 Å². The second-order valence-corrected chi connectivity index (χ2v) is 8.17. The molecule has 1 unspecified atom stereocenters. The van der Waals surface area contributed by atoms with Gasteiger partial charge in [0.25, 0.3) is 0 Å². The van der Waals surface area contributed by atoms with E-state index in [1.165, 1.54) is 12.5 Å². The molecule has 0 radical (unpaired) electrons. The lowest BCUT2D eigenvalue weighted by Crippen LogP contribution is -2.43. The van der Waals surface area contributed by atoms with Gasteiger partial charge < -0.3 is 4.90 Å². The van der Waals surface area contributed by atoms with Crippen molar-refractivity contribution in [3.63, 3.8) is 0 Å². The number of nitrogens with zero attached hydrogens (tertiary/aromatic N) is 2. The lowest BCUT2D eigenvalue weighted by atomic mass is 10.0. The van der Waals surface area contributed by atoms with Crippen molar-refractivity contribution in [1.82, 2.24) is 4.90 Å². The third-order valence-electron chi connectivity index (χ3n) is 4.68. The predicted octanol–water partition coefficient (Wildman–Crippen LogP) is 0.955. The van der Waals surface area contributed by atoms with E-state index in [-0.39, 0.29) is 10.8 Å². The number of hydrogen-bond acceptors (Lipinski definition) is 4. The van der Waals surface area contributed by atoms with Crippen molar-refractivity contribution in [3.05, 3.63) is 23.8 Å². The smallest absolute Gasteiger partial charge is 0.241 e. The summed E-state index contributed by atoms with van der Waals surface area (Å²) < 4.78 is 22.9. The molecule has 0 aromatic heterocycles. The Hall–Kier alpha value is -1.44. The number of amides is 1. The highest BCUT2D eigenvalue weighted by molar-refractivity contribution is 7.89. The van der Waals surface area contributed by atoms with Crippen molar-refractivity contribution < 1.29 is 13.2 Å². The molecule has 1 amide bonds. The topological polar surface area (TPSA) is 83.7 Å². The number of likely N-dealkylation sites (tertiary alicyclic amines) is 1. The van der Waals surface area contributed by atoms with E-state index in [0.29, 0.717) is 25.4 Å². The number of fused-ring (bicyclic) bond motifs is 1. The van der Waals surface area contributed by atoms with E-state index >= 15 is 0 Å². The standard InChI is InChI=1S/C16H23N3O3S/c1-12-3-2-7-18(10-12)11-16(20)19-8-6-13-9-14(23(17,21)22)4-5-15(13)19/h4-5,9,12H,2-3,6-8,10-11H2,1H3,(H2,17,21,22). The lowest BCUT2D eigenvalue weighted by Gasteiger charge is -2.31. The number of primary sulfonamides is 1. The van der Waals surface area contributed by atoms with Gasteiger partial charge in [0, 0.05) is 18.8 Å². The Morgan fingerprint density at radius 3 is 2.83 bits per heavy atom. The van der Waals surface area contributed by atoms with Gasteiger partial charge in [-0.2, -0.15) is 0 Å². The Labute approximate surface area is 137 Å². The van der Waals surface area contributed by atoms with E-state index in [4.69, 9.17) is 5.14 Å². The van der Waals surface area contributed by atoms with Crippen molar-refractivity contribution in [2.24, 2.45) is 11.1 Å². The van der Waals surface area contributed by atoms with Gasteiger partial charge in [0.15, 0.2) is 0 Å². The average molecular weight is 337 g/mol. The molecule has 1 aromatic carbocycles. The summed E-state index contributed by atoms with van der Waals surface area (Å²) in [7, 11) is -3.70. The fourth-order valence-electron chi connectivity index (χ4n) is 3.52. The van der Waals surface area contributed by atoms with Crippen LogP contribution in [0.1, 0.15) is 25.3 Å². The first-order valence-corrected chi connectivity index (χ1v) is 9.57. The predicted molar refractivity (Wildman–Crippen MR) is 88.7 cm³/mol. The SMILES string of the molecule is CC1CCCN(CC(=O)N2CCc3cc(S(N)(=O)=O)ccc32)C1. The zero-order valence-electron chi connectivity index (χ0n) is 13.4. The van der Waals surface area contributed by atoms with Gasteiger partial charge in [0.1, 0.15) is 0 Å². The van der Waals surface area contributed by atoms with E-state index in [9.17, 15) is 13.2 Å². The number of rotatable bonds is 3. The highest BCUT2D eigenvalue weighted by Gasteiger charge is 2.28. The number of benzene rings is 1. The van der Waals surface area contributed by atoms with E-state index < -0.39 is 10.0 Å². The quantitative estimate of drug-likeness (QED) is 0.890. The summed E-state index contributed by atoms with van der Waals surface area (Å²) in [5.74, 6) is 0.723. The molecule has 7 heteroatoms. The minimum atomic E-state index is -3.70. The number of carbonyl (C=O) groups is 1. The molecule has 3 rings (SSSR count). The zero-order valence-corrected chi connectivity index (χ0v) is 14.2. The first-order chi connectivity index (χ1) is 10.8. The Bertz CT molecular complexity index is 717. The monoisotopic (exact) mass is 337 g/mol. The van der Waals surface area contributed by atoms with Gasteiger partial charge in [-0.1, -0.05) is 6.92 Å². The molecule has 0 aliphatic carbocycles. The van der Waals surface area contributed by atoms with Gasteiger partial charge in [-0.3, -0.25) is 9.69 Å². The minimum Gasteiger partial charge on any atom is -0.311 e. The Kier molecular flexibility index (Phi) is 4.44. The number of carbonyl (C=O) groups excluding carboxylic acids is 1. The number of anilines is 1. The maximum absolute atomic E-state index is 12.6. The normalized spacial score (nSPS) is 22.2. The molecule has 2 N–H and O–H groups in total. The molecule has 2 aliphatic rings. The van der Waals surface area contributed by atoms with Crippen molar-refractivity contribution in [2.45, 2.75) is 31.1 Å². The largest absolute Gasteiger partial charge is 0.311 e. The molecule has 6 nitrogen and oxygen atoms in total. The molecular formula is C16H23N3O3S. The van der Waals surface area contributed by atoms with Crippen LogP contribution in [-0.4, -0.2) is 45.4 Å². The maximum atomic E-state index is 12.6. The maximum Gasteiger partial charge on any atom is 0.241 e. The minimum absolute atomic E-state index is 0.0844. The molecular weight excluding hydrogens is 314 g/mol. The number of hydrogen-bond donors (Lipinski definition) is 1. The van der Waals surface area contributed by atoms with Crippen molar-refractivity contribution in [3.8, 4) is 0 Å². The summed E-state index contributed by atoms with van der Waals surface area (Å²) in [6, 6.07) is 4.75. The van der Waals surface area contributed by atoms with E-state index in [1.807, 2.05) is 0 Å². The summed E-state index contributed by atoms with van der Waals surface area (Å²) in [6.45, 7) is 5.20. The van der Waals surface area contributed by atoms with Crippen LogP contribution in [0.25, 0.3) is 0 Å². The van der Waals surface area contributed by atoms with E-state index in [0.717, 1.165) is 30.8 Å². The number of piperidine rings is 1. The molecule has 23 heavy (non-hydrogen) atoms. The van der Waals surface area contributed by atoms with Gasteiger partial charge in [0.05, 0.1) is 11.4 Å². The first kappa shape index (κ1) is 16.4. The number of sulfonamides is 1. The molecule has 0 saturated carbocycles. The van der Waals surface area contributed by atoms with Crippen molar-refractivity contribution in [2.75, 3.05) is 31.1 Å². The van der Waals surface area contributed by atoms with Crippen molar-refractivity contribution in [1.29, 1.82) is 0 Å². The second kappa shape index (κ2) is 6.22. The molecule has 2 aliphatic heterocycles. The van der Waals surface area contributed by atoms with Gasteiger partial charge in [-0.05, 0) is 55.5 Å². The summed E-state index contributed by atoms with van der Waals surface area (Å²) in [5.41, 5.74) is 1.68. The molecule has 0 spiro atoms. The molecule has 1 saturated heterocycles. The highest BCUT2D eigenvalue weighted by Crippen LogP contribution is 2.30. The van der Waals surface area contributed by atoms with Gasteiger partial charge in [-0.25, -0.2) is 13.6 Å². The third-order valence-corrected chi connectivity index (χ3v) is 5.59. The van der Waals surface area contributed by atoms with Crippen molar-refractivity contribution >= 4 is 21.6 Å². The van der Waals surface area contributed by atoms with Crippen LogP contribution in [0, 0.1) is 5.92 Å². The average Bonchev–Trinajstić information content (AvgIpc) is 2.89. The Morgan fingerprint density at radius 1 is 1.35 bits per heavy atom. The van der Waals surface area contributed by atoms with Crippen LogP contribution < -0.4 is 10.0 Å². The van der Waals surface area contributed by atoms with Crippen LogP contribution in [0.5, 0.6) is 0 Å². The first-order valence-electron chi connectivity index (χ1n) is 8.03. The Morgan fingerprint density at radius 2 is 2.13 bits per heavy atom. The third kappa shape index (κ3) is 3.57. The molecule has 2 heterocycles. The molecule has 1 atom stereocenters. The van der Waals surface area contributed by atoms with E-state index in [2.05, 4.69) is 11.8 Å². The lowest BCUT2D eigenvalue weighted by molar-refractivity contribution is -0.120. The summed E-state index contributed by atoms with van der Waals surface area (Å²) in [6.07, 6.45) is 3.04. The summed E-state index contributed by atoms with van der Waals surface area (Å²) >= 11 is 0. The van der Waals surface area contributed by atoms with Gasteiger partial charge in [0.2, 0.25) is 15.9 Å². The highest BCUT2D eigenvalue weighted by atomic mass is 32.2. The molecule has 126 valence electrons. The Balaban J connectivity index is 1.73. The molecule has 1 aromatic rings. The molecule has 1 fully saturated rings. The van der Waals surface area contributed by atoms with Crippen LogP contribution in [0.3, 0.4) is 0 Å².